The second kappa shape index (κ2) is 9.48. The van der Waals surface area contributed by atoms with Crippen LogP contribution in [0.25, 0.3) is 6.08 Å². The van der Waals surface area contributed by atoms with Crippen molar-refractivity contribution in [3.05, 3.63) is 59.3 Å². The fourth-order valence-electron chi connectivity index (χ4n) is 2.54. The minimum absolute atomic E-state index is 0.150. The van der Waals surface area contributed by atoms with Gasteiger partial charge in [-0.2, -0.15) is 0 Å². The zero-order chi connectivity index (χ0) is 19.9. The molecule has 0 unspecified atom stereocenters. The maximum atomic E-state index is 12.6. The first-order valence-corrected chi connectivity index (χ1v) is 9.97. The maximum absolute atomic E-state index is 12.6. The van der Waals surface area contributed by atoms with E-state index in [1.54, 1.807) is 30.6 Å². The van der Waals surface area contributed by atoms with Crippen LogP contribution in [-0.2, 0) is 9.59 Å². The quantitative estimate of drug-likeness (QED) is 0.551. The van der Waals surface area contributed by atoms with Crippen molar-refractivity contribution in [2.45, 2.75) is 13.3 Å². The van der Waals surface area contributed by atoms with Gasteiger partial charge in [0.1, 0.15) is 10.1 Å². The van der Waals surface area contributed by atoms with E-state index in [-0.39, 0.29) is 24.8 Å². The molecule has 3 rings (SSSR count). The highest BCUT2D eigenvalue weighted by molar-refractivity contribution is 8.26. The number of pyridine rings is 1. The minimum atomic E-state index is -0.197. The summed E-state index contributed by atoms with van der Waals surface area (Å²) in [6, 6.07) is 11.0. The number of nitrogens with zero attached hydrogens (tertiary/aromatic N) is 2. The van der Waals surface area contributed by atoms with E-state index in [4.69, 9.17) is 17.0 Å². The average Bonchev–Trinajstić information content (AvgIpc) is 2.95. The van der Waals surface area contributed by atoms with Crippen LogP contribution in [0.1, 0.15) is 18.9 Å². The van der Waals surface area contributed by atoms with Gasteiger partial charge >= 0.3 is 0 Å². The van der Waals surface area contributed by atoms with Gasteiger partial charge in [-0.25, -0.2) is 0 Å². The molecule has 2 heterocycles. The SMILES string of the molecule is CCOc1ccc(/C=C2/SC(=S)N(CCC(=O)Nc3cccnc3)C2=O)cc1. The Labute approximate surface area is 173 Å². The van der Waals surface area contributed by atoms with E-state index in [0.717, 1.165) is 11.3 Å². The van der Waals surface area contributed by atoms with E-state index >= 15 is 0 Å². The lowest BCUT2D eigenvalue weighted by Crippen LogP contribution is -2.31. The Balaban J connectivity index is 1.59. The van der Waals surface area contributed by atoms with Gasteiger partial charge in [0.15, 0.2) is 0 Å². The fourth-order valence-corrected chi connectivity index (χ4v) is 3.85. The van der Waals surface area contributed by atoms with Crippen LogP contribution < -0.4 is 10.1 Å². The number of carbonyl (C=O) groups is 2. The molecule has 2 aromatic rings. The van der Waals surface area contributed by atoms with Crippen LogP contribution in [0.15, 0.2) is 53.7 Å². The third-order valence-electron chi connectivity index (χ3n) is 3.87. The number of hydrogen-bond donors (Lipinski definition) is 1. The Bertz CT molecular complexity index is 899. The van der Waals surface area contributed by atoms with Gasteiger partial charge in [-0.1, -0.05) is 36.1 Å². The van der Waals surface area contributed by atoms with Crippen LogP contribution in [0.3, 0.4) is 0 Å². The van der Waals surface area contributed by atoms with Crippen LogP contribution in [0.5, 0.6) is 5.75 Å². The number of benzene rings is 1. The summed E-state index contributed by atoms with van der Waals surface area (Å²) in [5.74, 6) is 0.405. The van der Waals surface area contributed by atoms with Crippen LogP contribution in [0.2, 0.25) is 0 Å². The maximum Gasteiger partial charge on any atom is 0.266 e. The summed E-state index contributed by atoms with van der Waals surface area (Å²) in [4.78, 5) is 30.7. The standard InChI is InChI=1S/C20H19N3O3S2/c1-2-26-16-7-5-14(6-8-16)12-17-19(25)23(20(27)28-17)11-9-18(24)22-15-4-3-10-21-13-15/h3-8,10,12-13H,2,9,11H2,1H3,(H,22,24)/b17-12+. The number of hydrogen-bond acceptors (Lipinski definition) is 6. The average molecular weight is 414 g/mol. The Morgan fingerprint density at radius 2 is 2.11 bits per heavy atom. The summed E-state index contributed by atoms with van der Waals surface area (Å²) < 4.78 is 5.87. The number of anilines is 1. The molecule has 0 bridgehead atoms. The topological polar surface area (TPSA) is 71.5 Å². The molecular formula is C20H19N3O3S2. The largest absolute Gasteiger partial charge is 0.494 e. The highest BCUT2D eigenvalue weighted by Gasteiger charge is 2.32. The summed E-state index contributed by atoms with van der Waals surface area (Å²) in [7, 11) is 0. The van der Waals surface area contributed by atoms with E-state index in [9.17, 15) is 9.59 Å². The minimum Gasteiger partial charge on any atom is -0.494 e. The summed E-state index contributed by atoms with van der Waals surface area (Å²) in [6.45, 7) is 2.76. The third kappa shape index (κ3) is 5.17. The van der Waals surface area contributed by atoms with Crippen molar-refractivity contribution in [2.24, 2.45) is 0 Å². The first-order chi connectivity index (χ1) is 13.6. The van der Waals surface area contributed by atoms with Crippen LogP contribution in [0, 0.1) is 0 Å². The molecule has 8 heteroatoms. The number of amides is 2. The normalized spacial score (nSPS) is 15.2. The van der Waals surface area contributed by atoms with Gasteiger partial charge in [0.05, 0.1) is 23.4 Å². The van der Waals surface area contributed by atoms with Crippen molar-refractivity contribution in [3.63, 3.8) is 0 Å². The molecule has 1 aromatic heterocycles. The molecule has 0 aliphatic carbocycles. The van der Waals surface area contributed by atoms with Crippen molar-refractivity contribution < 1.29 is 14.3 Å². The van der Waals surface area contributed by atoms with Crippen LogP contribution in [-0.4, -0.2) is 39.2 Å². The van der Waals surface area contributed by atoms with Crippen molar-refractivity contribution >= 4 is 51.9 Å². The molecule has 144 valence electrons. The molecular weight excluding hydrogens is 394 g/mol. The lowest BCUT2D eigenvalue weighted by atomic mass is 10.2. The van der Waals surface area contributed by atoms with Gasteiger partial charge in [-0.15, -0.1) is 0 Å². The second-order valence-corrected chi connectivity index (χ2v) is 7.55. The van der Waals surface area contributed by atoms with E-state index in [2.05, 4.69) is 10.3 Å². The number of thioether (sulfide) groups is 1. The molecule has 0 spiro atoms. The van der Waals surface area contributed by atoms with Gasteiger partial charge in [0.2, 0.25) is 5.91 Å². The Morgan fingerprint density at radius 1 is 1.32 bits per heavy atom. The van der Waals surface area contributed by atoms with E-state index in [1.807, 2.05) is 31.2 Å². The van der Waals surface area contributed by atoms with Crippen molar-refractivity contribution in [1.29, 1.82) is 0 Å². The first-order valence-electron chi connectivity index (χ1n) is 8.75. The number of ether oxygens (including phenoxy) is 1. The number of nitrogens with one attached hydrogen (secondary N) is 1. The zero-order valence-electron chi connectivity index (χ0n) is 15.3. The molecule has 1 aliphatic rings. The Hall–Kier alpha value is -2.71. The van der Waals surface area contributed by atoms with Crippen molar-refractivity contribution in [2.75, 3.05) is 18.5 Å². The molecule has 1 aliphatic heterocycles. The number of thiocarbonyl (C=S) groups is 1. The van der Waals surface area contributed by atoms with Crippen LogP contribution >= 0.6 is 24.0 Å². The van der Waals surface area contributed by atoms with E-state index in [0.29, 0.717) is 21.5 Å². The third-order valence-corrected chi connectivity index (χ3v) is 5.25. The van der Waals surface area contributed by atoms with Gasteiger partial charge in [0.25, 0.3) is 5.91 Å². The van der Waals surface area contributed by atoms with Crippen molar-refractivity contribution in [3.8, 4) is 5.75 Å². The molecule has 0 atom stereocenters. The van der Waals surface area contributed by atoms with E-state index in [1.165, 1.54) is 16.7 Å². The smallest absolute Gasteiger partial charge is 0.266 e. The predicted molar refractivity (Wildman–Crippen MR) is 115 cm³/mol. The Kier molecular flexibility index (Phi) is 6.78. The fraction of sp³-hybridized carbons (Fsp3) is 0.200. The summed E-state index contributed by atoms with van der Waals surface area (Å²) in [6.07, 6.45) is 5.14. The number of carbonyl (C=O) groups excluding carboxylic acids is 2. The molecule has 0 radical (unpaired) electrons. The highest BCUT2D eigenvalue weighted by atomic mass is 32.2. The molecule has 28 heavy (non-hydrogen) atoms. The van der Waals surface area contributed by atoms with Gasteiger partial charge < -0.3 is 10.1 Å². The molecule has 1 aromatic carbocycles. The van der Waals surface area contributed by atoms with Gasteiger partial charge in [-0.05, 0) is 42.8 Å². The molecule has 2 amide bonds. The van der Waals surface area contributed by atoms with Crippen molar-refractivity contribution in [1.82, 2.24) is 9.88 Å². The molecule has 1 saturated heterocycles. The molecule has 0 saturated carbocycles. The highest BCUT2D eigenvalue weighted by Crippen LogP contribution is 2.32. The van der Waals surface area contributed by atoms with E-state index < -0.39 is 0 Å². The second-order valence-electron chi connectivity index (χ2n) is 5.88. The summed E-state index contributed by atoms with van der Waals surface area (Å²) in [5.41, 5.74) is 1.51. The predicted octanol–water partition coefficient (Wildman–Crippen LogP) is 3.71. The molecule has 1 N–H and O–H groups in total. The zero-order valence-corrected chi connectivity index (χ0v) is 16.9. The summed E-state index contributed by atoms with van der Waals surface area (Å²) in [5, 5.41) is 2.75. The van der Waals surface area contributed by atoms with Gasteiger partial charge in [-0.3, -0.25) is 19.5 Å². The lowest BCUT2D eigenvalue weighted by Gasteiger charge is -2.14. The summed E-state index contributed by atoms with van der Waals surface area (Å²) >= 11 is 6.56. The monoisotopic (exact) mass is 413 g/mol. The number of aromatic nitrogens is 1. The Morgan fingerprint density at radius 3 is 2.79 bits per heavy atom. The van der Waals surface area contributed by atoms with Crippen LogP contribution in [0.4, 0.5) is 5.69 Å². The first kappa shape index (κ1) is 20.0. The number of rotatable bonds is 7. The lowest BCUT2D eigenvalue weighted by molar-refractivity contribution is -0.122. The molecule has 6 nitrogen and oxygen atoms in total. The van der Waals surface area contributed by atoms with Gasteiger partial charge in [0, 0.05) is 19.2 Å². The molecule has 1 fully saturated rings.